The molecule has 1 aromatic heterocycles. The van der Waals surface area contributed by atoms with Gasteiger partial charge in [-0.25, -0.2) is 4.98 Å². The summed E-state index contributed by atoms with van der Waals surface area (Å²) >= 11 is 1.65. The molecule has 1 rings (SSSR count). The summed E-state index contributed by atoms with van der Waals surface area (Å²) in [4.78, 5) is 4.21. The fourth-order valence-corrected chi connectivity index (χ4v) is 1.61. The number of rotatable bonds is 2. The molecular formula is C9H16N2S. The Balaban J connectivity index is 2.44. The SMILES string of the molecule is CC(C)(C)CCc1nc(N)cs1. The van der Waals surface area contributed by atoms with Gasteiger partial charge in [0.25, 0.3) is 0 Å². The van der Waals surface area contributed by atoms with Crippen molar-refractivity contribution in [2.24, 2.45) is 5.41 Å². The second-order valence-corrected chi connectivity index (χ2v) is 5.17. The van der Waals surface area contributed by atoms with E-state index in [0.717, 1.165) is 11.4 Å². The van der Waals surface area contributed by atoms with Gasteiger partial charge in [0.15, 0.2) is 0 Å². The lowest BCUT2D eigenvalue weighted by molar-refractivity contribution is 0.378. The summed E-state index contributed by atoms with van der Waals surface area (Å²) in [6.07, 6.45) is 2.21. The van der Waals surface area contributed by atoms with E-state index in [-0.39, 0.29) is 0 Å². The lowest BCUT2D eigenvalue weighted by Crippen LogP contribution is -2.06. The van der Waals surface area contributed by atoms with E-state index in [0.29, 0.717) is 11.2 Å². The number of hydrogen-bond acceptors (Lipinski definition) is 3. The fourth-order valence-electron chi connectivity index (χ4n) is 0.922. The van der Waals surface area contributed by atoms with E-state index in [1.807, 2.05) is 5.38 Å². The molecule has 68 valence electrons. The van der Waals surface area contributed by atoms with Crippen LogP contribution in [0.3, 0.4) is 0 Å². The smallest absolute Gasteiger partial charge is 0.134 e. The standard InChI is InChI=1S/C9H16N2S/c1-9(2,3)5-4-8-11-7(10)6-12-8/h6H,4-5,10H2,1-3H3. The fraction of sp³-hybridized carbons (Fsp3) is 0.667. The third-order valence-electron chi connectivity index (χ3n) is 1.66. The summed E-state index contributed by atoms with van der Waals surface area (Å²) in [6.45, 7) is 6.72. The van der Waals surface area contributed by atoms with Crippen LogP contribution < -0.4 is 5.73 Å². The molecule has 2 N–H and O–H groups in total. The number of aryl methyl sites for hydroxylation is 1. The molecule has 3 heteroatoms. The molecule has 0 saturated carbocycles. The van der Waals surface area contributed by atoms with Crippen LogP contribution in [0.15, 0.2) is 5.38 Å². The molecule has 12 heavy (non-hydrogen) atoms. The zero-order valence-electron chi connectivity index (χ0n) is 7.92. The lowest BCUT2D eigenvalue weighted by Gasteiger charge is -2.16. The Bertz CT molecular complexity index is 247. The summed E-state index contributed by atoms with van der Waals surface area (Å²) in [5.74, 6) is 0.656. The van der Waals surface area contributed by atoms with E-state index >= 15 is 0 Å². The monoisotopic (exact) mass is 184 g/mol. The highest BCUT2D eigenvalue weighted by atomic mass is 32.1. The van der Waals surface area contributed by atoms with Crippen LogP contribution in [0.5, 0.6) is 0 Å². The molecule has 0 spiro atoms. The van der Waals surface area contributed by atoms with E-state index < -0.39 is 0 Å². The summed E-state index contributed by atoms with van der Waals surface area (Å²) in [7, 11) is 0. The Morgan fingerprint density at radius 2 is 2.17 bits per heavy atom. The van der Waals surface area contributed by atoms with Gasteiger partial charge in [-0.05, 0) is 18.3 Å². The number of hydrogen-bond donors (Lipinski definition) is 1. The molecule has 0 atom stereocenters. The Hall–Kier alpha value is -0.570. The Morgan fingerprint density at radius 1 is 1.50 bits per heavy atom. The average molecular weight is 184 g/mol. The van der Waals surface area contributed by atoms with Crippen LogP contribution in [0.25, 0.3) is 0 Å². The molecule has 0 radical (unpaired) electrons. The first-order valence-electron chi connectivity index (χ1n) is 4.17. The molecule has 0 aliphatic rings. The van der Waals surface area contributed by atoms with Gasteiger partial charge in [-0.3, -0.25) is 0 Å². The zero-order chi connectivity index (χ0) is 9.19. The highest BCUT2D eigenvalue weighted by Gasteiger charge is 2.11. The molecule has 0 aliphatic heterocycles. The van der Waals surface area contributed by atoms with Gasteiger partial charge in [0.05, 0.1) is 5.01 Å². The van der Waals surface area contributed by atoms with Gasteiger partial charge in [-0.15, -0.1) is 11.3 Å². The number of anilines is 1. The first-order valence-corrected chi connectivity index (χ1v) is 5.05. The number of nitrogens with zero attached hydrogens (tertiary/aromatic N) is 1. The molecule has 0 saturated heterocycles. The maximum Gasteiger partial charge on any atom is 0.134 e. The molecule has 0 aromatic carbocycles. The minimum atomic E-state index is 0.389. The number of thiazole rings is 1. The predicted octanol–water partition coefficient (Wildman–Crippen LogP) is 2.70. The quantitative estimate of drug-likeness (QED) is 0.767. The molecule has 0 unspecified atom stereocenters. The maximum absolute atomic E-state index is 5.52. The van der Waals surface area contributed by atoms with Crippen molar-refractivity contribution in [1.29, 1.82) is 0 Å². The van der Waals surface area contributed by atoms with Crippen LogP contribution >= 0.6 is 11.3 Å². The summed E-state index contributed by atoms with van der Waals surface area (Å²) < 4.78 is 0. The largest absolute Gasteiger partial charge is 0.383 e. The van der Waals surface area contributed by atoms with Gasteiger partial charge in [0.2, 0.25) is 0 Å². The number of aromatic nitrogens is 1. The van der Waals surface area contributed by atoms with E-state index in [1.54, 1.807) is 11.3 Å². The molecule has 1 heterocycles. The Kier molecular flexibility index (Phi) is 2.73. The van der Waals surface area contributed by atoms with Crippen LogP contribution in [0.4, 0.5) is 5.82 Å². The van der Waals surface area contributed by atoms with Gasteiger partial charge in [0.1, 0.15) is 5.82 Å². The minimum Gasteiger partial charge on any atom is -0.383 e. The predicted molar refractivity (Wildman–Crippen MR) is 54.3 cm³/mol. The van der Waals surface area contributed by atoms with Crippen LogP contribution in [-0.2, 0) is 6.42 Å². The van der Waals surface area contributed by atoms with Crippen LogP contribution in [-0.4, -0.2) is 4.98 Å². The third-order valence-corrected chi connectivity index (χ3v) is 2.59. The normalized spacial score (nSPS) is 11.9. The minimum absolute atomic E-state index is 0.389. The summed E-state index contributed by atoms with van der Waals surface area (Å²) in [6, 6.07) is 0. The highest BCUT2D eigenvalue weighted by Crippen LogP contribution is 2.23. The van der Waals surface area contributed by atoms with Crippen molar-refractivity contribution < 1.29 is 0 Å². The number of nitrogens with two attached hydrogens (primary N) is 1. The van der Waals surface area contributed by atoms with E-state index in [2.05, 4.69) is 25.8 Å². The first-order chi connectivity index (χ1) is 5.47. The summed E-state index contributed by atoms with van der Waals surface area (Å²) in [5.41, 5.74) is 5.91. The maximum atomic E-state index is 5.52. The lowest BCUT2D eigenvalue weighted by atomic mass is 9.91. The van der Waals surface area contributed by atoms with Crippen molar-refractivity contribution in [3.63, 3.8) is 0 Å². The molecular weight excluding hydrogens is 168 g/mol. The van der Waals surface area contributed by atoms with Gasteiger partial charge in [0, 0.05) is 5.38 Å². The Morgan fingerprint density at radius 3 is 2.58 bits per heavy atom. The van der Waals surface area contributed by atoms with Gasteiger partial charge in [-0.2, -0.15) is 0 Å². The third kappa shape index (κ3) is 3.22. The van der Waals surface area contributed by atoms with Crippen molar-refractivity contribution in [1.82, 2.24) is 4.98 Å². The molecule has 1 aromatic rings. The van der Waals surface area contributed by atoms with Crippen LogP contribution in [0.1, 0.15) is 32.2 Å². The van der Waals surface area contributed by atoms with E-state index in [1.165, 1.54) is 6.42 Å². The van der Waals surface area contributed by atoms with Crippen molar-refractivity contribution >= 4 is 17.2 Å². The molecule has 0 bridgehead atoms. The zero-order valence-corrected chi connectivity index (χ0v) is 8.74. The van der Waals surface area contributed by atoms with Gasteiger partial charge < -0.3 is 5.73 Å². The van der Waals surface area contributed by atoms with Crippen molar-refractivity contribution in [2.75, 3.05) is 5.73 Å². The van der Waals surface area contributed by atoms with Crippen molar-refractivity contribution in [2.45, 2.75) is 33.6 Å². The van der Waals surface area contributed by atoms with Gasteiger partial charge >= 0.3 is 0 Å². The van der Waals surface area contributed by atoms with Crippen LogP contribution in [0.2, 0.25) is 0 Å². The molecule has 0 aliphatic carbocycles. The Labute approximate surface area is 77.8 Å². The van der Waals surface area contributed by atoms with Crippen molar-refractivity contribution in [3.05, 3.63) is 10.4 Å². The highest BCUT2D eigenvalue weighted by molar-refractivity contribution is 7.10. The molecule has 0 fully saturated rings. The van der Waals surface area contributed by atoms with Crippen molar-refractivity contribution in [3.8, 4) is 0 Å². The topological polar surface area (TPSA) is 38.9 Å². The molecule has 0 amide bonds. The average Bonchev–Trinajstić information content (AvgIpc) is 2.30. The van der Waals surface area contributed by atoms with Gasteiger partial charge in [-0.1, -0.05) is 20.8 Å². The van der Waals surface area contributed by atoms with E-state index in [4.69, 9.17) is 5.73 Å². The van der Waals surface area contributed by atoms with Crippen LogP contribution in [0, 0.1) is 5.41 Å². The number of nitrogen functional groups attached to an aromatic ring is 1. The second-order valence-electron chi connectivity index (χ2n) is 4.23. The first kappa shape index (κ1) is 9.52. The molecule has 2 nitrogen and oxygen atoms in total. The second kappa shape index (κ2) is 3.44. The van der Waals surface area contributed by atoms with E-state index in [9.17, 15) is 0 Å². The summed E-state index contributed by atoms with van der Waals surface area (Å²) in [5, 5.41) is 3.06.